The second-order valence-electron chi connectivity index (χ2n) is 8.55. The van der Waals surface area contributed by atoms with Gasteiger partial charge in [-0.2, -0.15) is 0 Å². The summed E-state index contributed by atoms with van der Waals surface area (Å²) in [4.78, 5) is 48.8. The Kier molecular flexibility index (Phi) is 13.9. The average molecular weight is 455 g/mol. The number of hydrogen-bond acceptors (Lipinski definition) is 7. The lowest BCUT2D eigenvalue weighted by Crippen LogP contribution is -2.42. The molecule has 9 nitrogen and oxygen atoms in total. The molecule has 0 bridgehead atoms. The third kappa shape index (κ3) is 13.6. The van der Waals surface area contributed by atoms with Crippen LogP contribution in [0.1, 0.15) is 53.4 Å². The lowest BCUT2D eigenvalue weighted by Gasteiger charge is -2.22. The van der Waals surface area contributed by atoms with Gasteiger partial charge < -0.3 is 25.2 Å². The first kappa shape index (κ1) is 29.3. The fourth-order valence-electron chi connectivity index (χ4n) is 2.75. The molecular weight excluding hydrogens is 416 g/mol. The molecular formula is C23H38N2O7. The van der Waals surface area contributed by atoms with Gasteiger partial charge in [0.2, 0.25) is 11.8 Å². The molecule has 0 rings (SSSR count). The summed E-state index contributed by atoms with van der Waals surface area (Å²) >= 11 is 0. The van der Waals surface area contributed by atoms with Crippen LogP contribution >= 0.6 is 0 Å². The molecule has 0 aromatic carbocycles. The van der Waals surface area contributed by atoms with Crippen molar-refractivity contribution >= 4 is 23.8 Å². The Labute approximate surface area is 190 Å². The van der Waals surface area contributed by atoms with E-state index < -0.39 is 35.4 Å². The third-order valence-corrected chi connectivity index (χ3v) is 4.17. The lowest BCUT2D eigenvalue weighted by atomic mass is 9.99. The van der Waals surface area contributed by atoms with Crippen molar-refractivity contribution in [3.8, 4) is 0 Å². The normalized spacial score (nSPS) is 13.8. The van der Waals surface area contributed by atoms with Gasteiger partial charge in [-0.25, -0.2) is 0 Å². The van der Waals surface area contributed by atoms with E-state index in [9.17, 15) is 19.2 Å². The van der Waals surface area contributed by atoms with Gasteiger partial charge in [-0.05, 0) is 40.5 Å². The number of esters is 2. The molecule has 9 heteroatoms. The highest BCUT2D eigenvalue weighted by Crippen LogP contribution is 2.17. The van der Waals surface area contributed by atoms with Gasteiger partial charge in [-0.15, -0.1) is 13.2 Å². The maximum absolute atomic E-state index is 12.5. The van der Waals surface area contributed by atoms with Gasteiger partial charge in [0, 0.05) is 13.0 Å². The molecule has 0 saturated heterocycles. The Hall–Kier alpha value is -2.68. The summed E-state index contributed by atoms with van der Waals surface area (Å²) in [6.45, 7) is 13.9. The van der Waals surface area contributed by atoms with Crippen LogP contribution in [0.5, 0.6) is 0 Å². The van der Waals surface area contributed by atoms with Crippen molar-refractivity contribution in [1.29, 1.82) is 0 Å². The van der Waals surface area contributed by atoms with E-state index in [2.05, 4.69) is 23.8 Å². The van der Waals surface area contributed by atoms with Crippen LogP contribution in [0, 0.1) is 11.8 Å². The molecule has 0 heterocycles. The number of allylic oxidation sites excluding steroid dienone is 2. The van der Waals surface area contributed by atoms with Crippen LogP contribution in [-0.2, 0) is 28.7 Å². The summed E-state index contributed by atoms with van der Waals surface area (Å²) < 4.78 is 10.5. The zero-order valence-corrected chi connectivity index (χ0v) is 19.6. The molecule has 0 radical (unpaired) electrons. The molecule has 0 aliphatic carbocycles. The number of aliphatic hydroxyl groups is 1. The molecule has 0 aromatic rings. The quantitative estimate of drug-likeness (QED) is 0.253. The number of aliphatic hydroxyl groups excluding tert-OH is 1. The van der Waals surface area contributed by atoms with E-state index in [1.54, 1.807) is 33.8 Å². The molecule has 32 heavy (non-hydrogen) atoms. The zero-order chi connectivity index (χ0) is 24.7. The molecule has 0 saturated carbocycles. The Morgan fingerprint density at radius 2 is 1.62 bits per heavy atom. The van der Waals surface area contributed by atoms with Crippen LogP contribution in [0.2, 0.25) is 0 Å². The van der Waals surface area contributed by atoms with E-state index in [1.165, 1.54) is 6.08 Å². The van der Waals surface area contributed by atoms with Crippen molar-refractivity contribution in [2.45, 2.75) is 65.0 Å². The number of amides is 2. The van der Waals surface area contributed by atoms with Crippen LogP contribution in [0.4, 0.5) is 0 Å². The first-order chi connectivity index (χ1) is 14.9. The number of nitrogens with one attached hydrogen (secondary N) is 2. The number of hydrogen-bond donors (Lipinski definition) is 3. The second-order valence-corrected chi connectivity index (χ2v) is 8.55. The van der Waals surface area contributed by atoms with Crippen molar-refractivity contribution in [3.05, 3.63) is 25.3 Å². The van der Waals surface area contributed by atoms with Crippen LogP contribution in [0.25, 0.3) is 0 Å². The van der Waals surface area contributed by atoms with Crippen molar-refractivity contribution in [2.75, 3.05) is 19.8 Å². The molecule has 182 valence electrons. The molecule has 0 unspecified atom stereocenters. The summed E-state index contributed by atoms with van der Waals surface area (Å²) in [5.74, 6) is -3.17. The Bertz CT molecular complexity index is 655. The van der Waals surface area contributed by atoms with Crippen LogP contribution < -0.4 is 10.6 Å². The predicted molar refractivity (Wildman–Crippen MR) is 120 cm³/mol. The highest BCUT2D eigenvalue weighted by atomic mass is 16.6. The number of ether oxygens (including phenoxy) is 2. The van der Waals surface area contributed by atoms with Gasteiger partial charge in [-0.1, -0.05) is 12.2 Å². The smallest absolute Gasteiger partial charge is 0.309 e. The minimum Gasteiger partial charge on any atom is -0.463 e. The summed E-state index contributed by atoms with van der Waals surface area (Å²) in [5, 5.41) is 14.0. The van der Waals surface area contributed by atoms with Crippen molar-refractivity contribution in [3.63, 3.8) is 0 Å². The SMILES string of the molecule is C=CC[C@H](CC(=O)NCCO)C(=O)N[C@@H](C)COC(=O)[C@@H](CC=C)CC(=O)OC(C)(C)C. The van der Waals surface area contributed by atoms with Gasteiger partial charge in [0.25, 0.3) is 0 Å². The molecule has 0 spiro atoms. The van der Waals surface area contributed by atoms with Gasteiger partial charge in [0.05, 0.1) is 30.9 Å². The maximum Gasteiger partial charge on any atom is 0.309 e. The molecule has 0 fully saturated rings. The number of carbonyl (C=O) groups excluding carboxylic acids is 4. The molecule has 3 N–H and O–H groups in total. The highest BCUT2D eigenvalue weighted by Gasteiger charge is 2.27. The van der Waals surface area contributed by atoms with Crippen molar-refractivity contribution in [2.24, 2.45) is 11.8 Å². The summed E-state index contributed by atoms with van der Waals surface area (Å²) in [7, 11) is 0. The van der Waals surface area contributed by atoms with Gasteiger partial charge in [0.1, 0.15) is 12.2 Å². The third-order valence-electron chi connectivity index (χ3n) is 4.17. The molecule has 2 amide bonds. The van der Waals surface area contributed by atoms with E-state index in [1.807, 2.05) is 0 Å². The summed E-state index contributed by atoms with van der Waals surface area (Å²) in [6, 6.07) is -0.509. The highest BCUT2D eigenvalue weighted by molar-refractivity contribution is 5.86. The van der Waals surface area contributed by atoms with E-state index in [0.29, 0.717) is 6.42 Å². The average Bonchev–Trinajstić information content (AvgIpc) is 2.68. The number of rotatable bonds is 15. The summed E-state index contributed by atoms with van der Waals surface area (Å²) in [5.41, 5.74) is -0.657. The van der Waals surface area contributed by atoms with Crippen LogP contribution in [-0.4, -0.2) is 60.3 Å². The van der Waals surface area contributed by atoms with E-state index in [0.717, 1.165) is 0 Å². The van der Waals surface area contributed by atoms with E-state index in [-0.39, 0.29) is 50.8 Å². The molecule has 0 aliphatic rings. The lowest BCUT2D eigenvalue weighted by molar-refractivity contribution is -0.161. The van der Waals surface area contributed by atoms with Gasteiger partial charge >= 0.3 is 11.9 Å². The fourth-order valence-corrected chi connectivity index (χ4v) is 2.75. The van der Waals surface area contributed by atoms with Gasteiger partial charge in [-0.3, -0.25) is 19.2 Å². The van der Waals surface area contributed by atoms with Crippen molar-refractivity contribution < 1.29 is 33.8 Å². The minimum absolute atomic E-state index is 0.0539. The standard InChI is InChI=1S/C23H38N2O7/c1-7-9-17(13-19(27)24-11-12-26)21(29)25-16(3)15-31-22(30)18(10-8-2)14-20(28)32-23(4,5)6/h7-8,16-18,26H,1-2,9-15H2,3-6H3,(H,24,27)(H,25,29)/t16-,17+,18-/m0/s1. The number of carbonyl (C=O) groups is 4. The monoisotopic (exact) mass is 454 g/mol. The largest absolute Gasteiger partial charge is 0.463 e. The molecule has 0 aromatic heterocycles. The molecule has 3 atom stereocenters. The zero-order valence-electron chi connectivity index (χ0n) is 19.6. The Morgan fingerprint density at radius 1 is 1.03 bits per heavy atom. The second kappa shape index (κ2) is 15.2. The van der Waals surface area contributed by atoms with Crippen LogP contribution in [0.15, 0.2) is 25.3 Å². The van der Waals surface area contributed by atoms with Crippen LogP contribution in [0.3, 0.4) is 0 Å². The van der Waals surface area contributed by atoms with E-state index in [4.69, 9.17) is 14.6 Å². The van der Waals surface area contributed by atoms with Crippen molar-refractivity contribution in [1.82, 2.24) is 10.6 Å². The Balaban J connectivity index is 4.75. The fraction of sp³-hybridized carbons (Fsp3) is 0.652. The maximum atomic E-state index is 12.5. The summed E-state index contributed by atoms with van der Waals surface area (Å²) in [6.07, 6.45) is 3.44. The Morgan fingerprint density at radius 3 is 2.16 bits per heavy atom. The first-order valence-electron chi connectivity index (χ1n) is 10.7. The van der Waals surface area contributed by atoms with Gasteiger partial charge in [0.15, 0.2) is 0 Å². The topological polar surface area (TPSA) is 131 Å². The molecule has 0 aliphatic heterocycles. The first-order valence-corrected chi connectivity index (χ1v) is 10.7. The van der Waals surface area contributed by atoms with E-state index >= 15 is 0 Å². The predicted octanol–water partition coefficient (Wildman–Crippen LogP) is 1.65. The minimum atomic E-state index is -0.728.